The van der Waals surface area contributed by atoms with E-state index in [9.17, 15) is 18.0 Å². The standard InChI is InChI=1S/C23H29F3N4O/c1-16-5-3-4-6-19(16)15-28-9-11-29(12-10-28)22(31)17(2)14-30-20(18-7-8-18)13-21(27-30)23(24,25)26/h3-6,13,17-18H,7-12,14-15H2,1-2H3. The van der Waals surface area contributed by atoms with E-state index in [1.165, 1.54) is 15.8 Å². The summed E-state index contributed by atoms with van der Waals surface area (Å²) < 4.78 is 40.8. The first-order valence-corrected chi connectivity index (χ1v) is 10.9. The number of rotatable bonds is 6. The van der Waals surface area contributed by atoms with Gasteiger partial charge in [0.15, 0.2) is 5.69 Å². The predicted octanol–water partition coefficient (Wildman–Crippen LogP) is 4.07. The Labute approximate surface area is 180 Å². The molecule has 2 heterocycles. The molecule has 0 N–H and O–H groups in total. The summed E-state index contributed by atoms with van der Waals surface area (Å²) in [6, 6.07) is 9.46. The van der Waals surface area contributed by atoms with Gasteiger partial charge in [-0.15, -0.1) is 0 Å². The van der Waals surface area contributed by atoms with Crippen LogP contribution >= 0.6 is 0 Å². The van der Waals surface area contributed by atoms with Gasteiger partial charge in [0.2, 0.25) is 5.91 Å². The highest BCUT2D eigenvalue weighted by Crippen LogP contribution is 2.42. The van der Waals surface area contributed by atoms with E-state index in [-0.39, 0.29) is 18.4 Å². The normalized spacial score (nSPS) is 18.9. The Morgan fingerprint density at radius 3 is 2.45 bits per heavy atom. The Kier molecular flexibility index (Phi) is 6.10. The molecule has 4 rings (SSSR count). The highest BCUT2D eigenvalue weighted by Gasteiger charge is 2.38. The monoisotopic (exact) mass is 434 g/mol. The molecule has 1 atom stereocenters. The minimum atomic E-state index is -4.46. The summed E-state index contributed by atoms with van der Waals surface area (Å²) in [5.74, 6) is -0.293. The van der Waals surface area contributed by atoms with Crippen LogP contribution in [0.1, 0.15) is 48.2 Å². The van der Waals surface area contributed by atoms with Crippen LogP contribution in [0, 0.1) is 12.8 Å². The van der Waals surface area contributed by atoms with Crippen molar-refractivity contribution in [1.29, 1.82) is 0 Å². The van der Waals surface area contributed by atoms with Crippen molar-refractivity contribution < 1.29 is 18.0 Å². The molecule has 1 amide bonds. The van der Waals surface area contributed by atoms with Crippen molar-refractivity contribution in [3.63, 3.8) is 0 Å². The topological polar surface area (TPSA) is 41.4 Å². The van der Waals surface area contributed by atoms with E-state index in [0.29, 0.717) is 18.8 Å². The van der Waals surface area contributed by atoms with E-state index in [1.54, 1.807) is 6.92 Å². The van der Waals surface area contributed by atoms with Crippen LogP contribution in [-0.4, -0.2) is 51.7 Å². The van der Waals surface area contributed by atoms with Crippen LogP contribution in [0.4, 0.5) is 13.2 Å². The third kappa shape index (κ3) is 5.11. The van der Waals surface area contributed by atoms with Gasteiger partial charge in [0.1, 0.15) is 0 Å². The number of alkyl halides is 3. The number of nitrogens with zero attached hydrogens (tertiary/aromatic N) is 4. The zero-order valence-electron chi connectivity index (χ0n) is 18.0. The third-order valence-electron chi connectivity index (χ3n) is 6.30. The Morgan fingerprint density at radius 2 is 1.84 bits per heavy atom. The predicted molar refractivity (Wildman–Crippen MR) is 111 cm³/mol. The van der Waals surface area contributed by atoms with Gasteiger partial charge in [0.05, 0.1) is 12.5 Å². The lowest BCUT2D eigenvalue weighted by Gasteiger charge is -2.36. The Hall–Kier alpha value is -2.35. The van der Waals surface area contributed by atoms with Gasteiger partial charge in [-0.25, -0.2) is 0 Å². The number of benzene rings is 1. The highest BCUT2D eigenvalue weighted by molar-refractivity contribution is 5.78. The van der Waals surface area contributed by atoms with Gasteiger partial charge in [-0.2, -0.15) is 18.3 Å². The summed E-state index contributed by atoms with van der Waals surface area (Å²) >= 11 is 0. The fraction of sp³-hybridized carbons (Fsp3) is 0.565. The molecule has 2 aromatic rings. The van der Waals surface area contributed by atoms with Crippen molar-refractivity contribution in [3.8, 4) is 0 Å². The van der Waals surface area contributed by atoms with E-state index >= 15 is 0 Å². The number of carbonyl (C=O) groups excluding carboxylic acids is 1. The minimum Gasteiger partial charge on any atom is -0.340 e. The van der Waals surface area contributed by atoms with Crippen LogP contribution < -0.4 is 0 Å². The van der Waals surface area contributed by atoms with E-state index in [2.05, 4.69) is 29.1 Å². The third-order valence-corrected chi connectivity index (χ3v) is 6.30. The summed E-state index contributed by atoms with van der Waals surface area (Å²) in [6.45, 7) is 7.79. The average Bonchev–Trinajstić information content (AvgIpc) is 3.48. The van der Waals surface area contributed by atoms with Gasteiger partial charge in [-0.05, 0) is 37.0 Å². The molecule has 31 heavy (non-hydrogen) atoms. The summed E-state index contributed by atoms with van der Waals surface area (Å²) in [4.78, 5) is 17.1. The van der Waals surface area contributed by atoms with Crippen molar-refractivity contribution in [3.05, 3.63) is 52.8 Å². The summed E-state index contributed by atoms with van der Waals surface area (Å²) in [6.07, 6.45) is -2.70. The fourth-order valence-corrected chi connectivity index (χ4v) is 4.23. The number of piperazine rings is 1. The number of aryl methyl sites for hydroxylation is 1. The van der Waals surface area contributed by atoms with Crippen molar-refractivity contribution in [1.82, 2.24) is 19.6 Å². The first kappa shape index (κ1) is 21.9. The second-order valence-corrected chi connectivity index (χ2v) is 8.84. The quantitative estimate of drug-likeness (QED) is 0.688. The molecule has 168 valence electrons. The summed E-state index contributed by atoms with van der Waals surface area (Å²) in [7, 11) is 0. The number of amides is 1. The molecule has 2 fully saturated rings. The van der Waals surface area contributed by atoms with Crippen LogP contribution in [0.2, 0.25) is 0 Å². The van der Waals surface area contributed by atoms with Crippen LogP contribution in [0.15, 0.2) is 30.3 Å². The lowest BCUT2D eigenvalue weighted by Crippen LogP contribution is -2.50. The molecule has 1 saturated carbocycles. The zero-order valence-corrected chi connectivity index (χ0v) is 18.0. The lowest BCUT2D eigenvalue weighted by molar-refractivity contribution is -0.141. The van der Waals surface area contributed by atoms with Crippen LogP contribution in [0.25, 0.3) is 0 Å². The molecular formula is C23H29F3N4O. The smallest absolute Gasteiger partial charge is 0.340 e. The van der Waals surface area contributed by atoms with Gasteiger partial charge < -0.3 is 4.90 Å². The van der Waals surface area contributed by atoms with E-state index in [1.807, 2.05) is 17.0 Å². The Bertz CT molecular complexity index is 927. The number of halogens is 3. The Morgan fingerprint density at radius 1 is 1.16 bits per heavy atom. The maximum Gasteiger partial charge on any atom is 0.435 e. The molecule has 1 aromatic carbocycles. The maximum absolute atomic E-state index is 13.1. The van der Waals surface area contributed by atoms with Gasteiger partial charge in [-0.3, -0.25) is 14.4 Å². The molecule has 2 aliphatic rings. The van der Waals surface area contributed by atoms with Crippen molar-refractivity contribution >= 4 is 5.91 Å². The number of carbonyl (C=O) groups is 1. The molecule has 5 nitrogen and oxygen atoms in total. The number of hydrogen-bond acceptors (Lipinski definition) is 3. The molecule has 0 spiro atoms. The lowest BCUT2D eigenvalue weighted by atomic mass is 10.1. The van der Waals surface area contributed by atoms with E-state index in [4.69, 9.17) is 0 Å². The van der Waals surface area contributed by atoms with Crippen molar-refractivity contribution in [2.24, 2.45) is 5.92 Å². The maximum atomic E-state index is 13.1. The van der Waals surface area contributed by atoms with Crippen LogP contribution in [-0.2, 0) is 24.1 Å². The van der Waals surface area contributed by atoms with Crippen molar-refractivity contribution in [2.75, 3.05) is 26.2 Å². The molecule has 0 radical (unpaired) electrons. The average molecular weight is 435 g/mol. The second-order valence-electron chi connectivity index (χ2n) is 8.84. The second kappa shape index (κ2) is 8.65. The van der Waals surface area contributed by atoms with E-state index < -0.39 is 17.8 Å². The molecule has 1 saturated heterocycles. The largest absolute Gasteiger partial charge is 0.435 e. The Balaban J connectivity index is 1.34. The van der Waals surface area contributed by atoms with Crippen molar-refractivity contribution in [2.45, 2.75) is 51.9 Å². The van der Waals surface area contributed by atoms with Gasteiger partial charge in [-0.1, -0.05) is 31.2 Å². The van der Waals surface area contributed by atoms with Gasteiger partial charge >= 0.3 is 6.18 Å². The minimum absolute atomic E-state index is 0.0126. The highest BCUT2D eigenvalue weighted by atomic mass is 19.4. The van der Waals surface area contributed by atoms with Crippen LogP contribution in [0.5, 0.6) is 0 Å². The zero-order chi connectivity index (χ0) is 22.2. The SMILES string of the molecule is Cc1ccccc1CN1CCN(C(=O)C(C)Cn2nc(C(F)(F)F)cc2C2CC2)CC1. The molecule has 1 aromatic heterocycles. The molecule has 8 heteroatoms. The molecule has 1 aliphatic heterocycles. The van der Waals surface area contributed by atoms with Gasteiger partial charge in [0, 0.05) is 44.3 Å². The molecule has 1 unspecified atom stereocenters. The molecule has 0 bridgehead atoms. The fourth-order valence-electron chi connectivity index (χ4n) is 4.23. The first-order chi connectivity index (χ1) is 14.7. The molecule has 1 aliphatic carbocycles. The van der Waals surface area contributed by atoms with E-state index in [0.717, 1.165) is 38.5 Å². The summed E-state index contributed by atoms with van der Waals surface area (Å²) in [5.41, 5.74) is 2.30. The molecular weight excluding hydrogens is 405 g/mol. The van der Waals surface area contributed by atoms with Gasteiger partial charge in [0.25, 0.3) is 0 Å². The number of aromatic nitrogens is 2. The first-order valence-electron chi connectivity index (χ1n) is 10.9. The summed E-state index contributed by atoms with van der Waals surface area (Å²) in [5, 5.41) is 3.79. The van der Waals surface area contributed by atoms with Crippen LogP contribution in [0.3, 0.4) is 0 Å². The number of hydrogen-bond donors (Lipinski definition) is 0.